The minimum Gasteiger partial charge on any atom is -0.355 e. The molecule has 1 fully saturated rings. The number of likely N-dealkylation sites (tertiary alicyclic amines) is 1. The van der Waals surface area contributed by atoms with Crippen molar-refractivity contribution in [2.45, 2.75) is 57.0 Å². The molecule has 3 rings (SSSR count). The number of fused-ring (bicyclic) bond motifs is 1. The van der Waals surface area contributed by atoms with Gasteiger partial charge in [0.1, 0.15) is 11.9 Å². The zero-order valence-electron chi connectivity index (χ0n) is 18.9. The normalized spacial score (nSPS) is 20.6. The van der Waals surface area contributed by atoms with Crippen LogP contribution in [0.3, 0.4) is 0 Å². The van der Waals surface area contributed by atoms with Crippen LogP contribution in [0.25, 0.3) is 0 Å². The summed E-state index contributed by atoms with van der Waals surface area (Å²) in [5.74, 6) is -0.0796. The second-order valence-corrected chi connectivity index (χ2v) is 10.3. The van der Waals surface area contributed by atoms with Gasteiger partial charge in [-0.3, -0.25) is 24.2 Å². The molecule has 2 aliphatic heterocycles. The van der Waals surface area contributed by atoms with Crippen LogP contribution in [0.1, 0.15) is 45.6 Å². The van der Waals surface area contributed by atoms with Crippen molar-refractivity contribution in [3.8, 4) is 0 Å². The Kier molecular flexibility index (Phi) is 7.89. The molecule has 0 spiro atoms. The molecule has 0 aliphatic carbocycles. The molecule has 1 aromatic carbocycles. The smallest absolute Gasteiger partial charge is 0.263 e. The fourth-order valence-electron chi connectivity index (χ4n) is 3.92. The summed E-state index contributed by atoms with van der Waals surface area (Å²) in [6, 6.07) is 5.92. The Balaban J connectivity index is 1.61. The van der Waals surface area contributed by atoms with Crippen LogP contribution in [-0.4, -0.2) is 69.2 Å². The number of amides is 2. The van der Waals surface area contributed by atoms with Gasteiger partial charge in [-0.15, -0.1) is 0 Å². The van der Waals surface area contributed by atoms with E-state index in [4.69, 9.17) is 0 Å². The van der Waals surface area contributed by atoms with E-state index < -0.39 is 16.1 Å². The number of nitrogens with zero attached hydrogens (tertiary/aromatic N) is 2. The maximum Gasteiger partial charge on any atom is 0.263 e. The second kappa shape index (κ2) is 10.4. The third-order valence-electron chi connectivity index (χ3n) is 5.70. The lowest BCUT2D eigenvalue weighted by Gasteiger charge is -2.32. The third-order valence-corrected chi connectivity index (χ3v) is 7.10. The molecule has 9 nitrogen and oxygen atoms in total. The summed E-state index contributed by atoms with van der Waals surface area (Å²) < 4.78 is 27.2. The number of hydrogen-bond acceptors (Lipinski definition) is 6. The first-order chi connectivity index (χ1) is 15.2. The van der Waals surface area contributed by atoms with E-state index in [1.54, 1.807) is 18.2 Å². The minimum atomic E-state index is -3.65. The molecule has 0 radical (unpaired) electrons. The van der Waals surface area contributed by atoms with Gasteiger partial charge in [0.15, 0.2) is 0 Å². The molecule has 0 bridgehead atoms. The summed E-state index contributed by atoms with van der Waals surface area (Å²) in [4.78, 5) is 31.7. The Hall–Kier alpha value is -2.46. The predicted molar refractivity (Wildman–Crippen MR) is 123 cm³/mol. The Morgan fingerprint density at radius 3 is 2.56 bits per heavy atom. The number of carbonyl (C=O) groups is 2. The van der Waals surface area contributed by atoms with Crippen LogP contribution in [-0.2, 0) is 19.6 Å². The quantitative estimate of drug-likeness (QED) is 0.528. The highest BCUT2D eigenvalue weighted by atomic mass is 32.2. The number of rotatable bonds is 8. The number of carbonyl (C=O) groups excluding carboxylic acids is 2. The van der Waals surface area contributed by atoms with Crippen molar-refractivity contribution in [3.63, 3.8) is 0 Å². The lowest BCUT2D eigenvalue weighted by Crippen LogP contribution is -2.50. The van der Waals surface area contributed by atoms with Gasteiger partial charge in [-0.2, -0.15) is 0 Å². The summed E-state index contributed by atoms with van der Waals surface area (Å²) in [7, 11) is -3.65. The van der Waals surface area contributed by atoms with Crippen molar-refractivity contribution in [2.75, 3.05) is 26.2 Å². The topological polar surface area (TPSA) is 120 Å². The third kappa shape index (κ3) is 5.86. The molecule has 2 aliphatic rings. The first kappa shape index (κ1) is 24.2. The predicted octanol–water partition coefficient (Wildman–Crippen LogP) is 0.857. The number of amidine groups is 1. The van der Waals surface area contributed by atoms with Crippen molar-refractivity contribution in [3.05, 3.63) is 29.8 Å². The van der Waals surface area contributed by atoms with Gasteiger partial charge in [0.2, 0.25) is 11.8 Å². The Labute approximate surface area is 190 Å². The maximum absolute atomic E-state index is 13.0. The van der Waals surface area contributed by atoms with E-state index >= 15 is 0 Å². The molecular weight excluding hydrogens is 430 g/mol. The van der Waals surface area contributed by atoms with Crippen LogP contribution in [0.4, 0.5) is 0 Å². The van der Waals surface area contributed by atoms with E-state index in [-0.39, 0.29) is 34.5 Å². The second-order valence-electron chi connectivity index (χ2n) is 8.68. The fraction of sp³-hybridized carbons (Fsp3) is 0.591. The van der Waals surface area contributed by atoms with Gasteiger partial charge < -0.3 is 10.6 Å². The fourth-order valence-corrected chi connectivity index (χ4v) is 5.16. The number of hydrogen-bond donors (Lipinski definition) is 3. The van der Waals surface area contributed by atoms with Crippen LogP contribution in [0.5, 0.6) is 0 Å². The molecule has 176 valence electrons. The molecule has 1 atom stereocenters. The summed E-state index contributed by atoms with van der Waals surface area (Å²) in [5, 5.41) is 5.96. The number of aliphatic imine (C=N–C) groups is 1. The first-order valence-electron chi connectivity index (χ1n) is 11.2. The van der Waals surface area contributed by atoms with Crippen molar-refractivity contribution in [2.24, 2.45) is 10.9 Å². The molecule has 10 heteroatoms. The van der Waals surface area contributed by atoms with E-state index in [0.29, 0.717) is 18.7 Å². The molecule has 32 heavy (non-hydrogen) atoms. The molecule has 3 N–H and O–H groups in total. The van der Waals surface area contributed by atoms with E-state index in [1.165, 1.54) is 6.07 Å². The molecule has 0 saturated carbocycles. The van der Waals surface area contributed by atoms with Gasteiger partial charge in [0, 0.05) is 31.2 Å². The van der Waals surface area contributed by atoms with E-state index in [1.807, 2.05) is 20.8 Å². The lowest BCUT2D eigenvalue weighted by molar-refractivity contribution is -0.125. The molecule has 2 amide bonds. The summed E-state index contributed by atoms with van der Waals surface area (Å²) in [6.07, 6.45) is 2.42. The minimum absolute atomic E-state index is 0.00598. The average Bonchev–Trinajstić information content (AvgIpc) is 3.02. The molecule has 2 heterocycles. The van der Waals surface area contributed by atoms with Crippen LogP contribution in [0.2, 0.25) is 0 Å². The van der Waals surface area contributed by atoms with E-state index in [0.717, 1.165) is 32.4 Å². The van der Waals surface area contributed by atoms with Gasteiger partial charge >= 0.3 is 0 Å². The summed E-state index contributed by atoms with van der Waals surface area (Å²) in [6.45, 7) is 8.33. The Morgan fingerprint density at radius 1 is 1.22 bits per heavy atom. The zero-order valence-corrected chi connectivity index (χ0v) is 19.7. The number of benzene rings is 1. The molecular formula is C22H33N5O4S. The van der Waals surface area contributed by atoms with Gasteiger partial charge in [-0.25, -0.2) is 8.42 Å². The van der Waals surface area contributed by atoms with Crippen molar-refractivity contribution >= 4 is 27.7 Å². The van der Waals surface area contributed by atoms with Crippen LogP contribution >= 0.6 is 0 Å². The molecule has 0 aromatic heterocycles. The summed E-state index contributed by atoms with van der Waals surface area (Å²) >= 11 is 0. The highest BCUT2D eigenvalue weighted by molar-refractivity contribution is 7.90. The zero-order chi connectivity index (χ0) is 23.3. The van der Waals surface area contributed by atoms with Crippen molar-refractivity contribution in [1.82, 2.24) is 20.3 Å². The van der Waals surface area contributed by atoms with Gasteiger partial charge in [0.05, 0.1) is 11.4 Å². The molecule has 1 aromatic rings. The largest absolute Gasteiger partial charge is 0.355 e. The van der Waals surface area contributed by atoms with Crippen LogP contribution in [0, 0.1) is 5.92 Å². The van der Waals surface area contributed by atoms with Crippen molar-refractivity contribution < 1.29 is 18.0 Å². The first-order valence-corrected chi connectivity index (χ1v) is 12.7. The SMILES string of the molecule is CCCNC(=O)CN1CCC(NC(=O)[C@@H](N=C2NS(=O)(=O)c3ccccc32)C(C)C)CC1. The maximum atomic E-state index is 13.0. The average molecular weight is 464 g/mol. The Bertz CT molecular complexity index is 968. The lowest BCUT2D eigenvalue weighted by atomic mass is 10.0. The number of nitrogens with one attached hydrogen (secondary N) is 3. The van der Waals surface area contributed by atoms with Crippen LogP contribution in [0.15, 0.2) is 34.2 Å². The summed E-state index contributed by atoms with van der Waals surface area (Å²) in [5.41, 5.74) is 0.487. The number of sulfonamides is 1. The monoisotopic (exact) mass is 463 g/mol. The van der Waals surface area contributed by atoms with E-state index in [2.05, 4.69) is 25.2 Å². The van der Waals surface area contributed by atoms with Gasteiger partial charge in [0.25, 0.3) is 10.0 Å². The van der Waals surface area contributed by atoms with Gasteiger partial charge in [-0.1, -0.05) is 32.9 Å². The highest BCUT2D eigenvalue weighted by Crippen LogP contribution is 2.23. The van der Waals surface area contributed by atoms with E-state index in [9.17, 15) is 18.0 Å². The molecule has 0 unspecified atom stereocenters. The van der Waals surface area contributed by atoms with Gasteiger partial charge in [-0.05, 0) is 37.3 Å². The number of piperidine rings is 1. The highest BCUT2D eigenvalue weighted by Gasteiger charge is 2.33. The Morgan fingerprint density at radius 2 is 1.91 bits per heavy atom. The standard InChI is InChI=1S/C22H33N5O4S/c1-4-11-23-19(28)14-27-12-9-16(10-13-27)24-22(29)20(15(2)3)25-21-17-7-5-6-8-18(17)32(30,31)26-21/h5-8,15-16,20H,4,9-14H2,1-3H3,(H,23,28)(H,24,29)(H,25,26)/t20-/m0/s1. The van der Waals surface area contributed by atoms with Crippen LogP contribution < -0.4 is 15.4 Å². The molecule has 1 saturated heterocycles. The van der Waals surface area contributed by atoms with Crippen molar-refractivity contribution in [1.29, 1.82) is 0 Å².